The first-order valence-electron chi connectivity index (χ1n) is 4.90. The Labute approximate surface area is 84.8 Å². The van der Waals surface area contributed by atoms with Crippen molar-refractivity contribution in [2.75, 3.05) is 24.6 Å². The lowest BCUT2D eigenvalue weighted by molar-refractivity contribution is 0.309. The monoisotopic (exact) mass is 189 g/mol. The van der Waals surface area contributed by atoms with E-state index in [0.29, 0.717) is 0 Å². The maximum Gasteiger partial charge on any atom is 0.142 e. The van der Waals surface area contributed by atoms with E-state index in [1.807, 2.05) is 6.08 Å². The van der Waals surface area contributed by atoms with Crippen molar-refractivity contribution in [3.05, 3.63) is 36.4 Å². The Bertz CT molecular complexity index is 346. The van der Waals surface area contributed by atoms with Gasteiger partial charge in [-0.25, -0.2) is 0 Å². The summed E-state index contributed by atoms with van der Waals surface area (Å²) in [6, 6.07) is 6.32. The summed E-state index contributed by atoms with van der Waals surface area (Å²) in [6.07, 6.45) is 1.93. The van der Waals surface area contributed by atoms with Gasteiger partial charge in [0.2, 0.25) is 0 Å². The number of anilines is 1. The summed E-state index contributed by atoms with van der Waals surface area (Å²) < 4.78 is 5.60. The molecule has 1 aliphatic rings. The molecular formula is C12H15NO. The van der Waals surface area contributed by atoms with Crippen molar-refractivity contribution < 1.29 is 4.74 Å². The molecule has 2 rings (SSSR count). The fourth-order valence-corrected chi connectivity index (χ4v) is 1.73. The zero-order valence-corrected chi connectivity index (χ0v) is 8.49. The first kappa shape index (κ1) is 9.13. The molecule has 1 aromatic carbocycles. The SMILES string of the molecule is C=CCN1CCOc2cc(C)ccc21. The Hall–Kier alpha value is -1.44. The fourth-order valence-electron chi connectivity index (χ4n) is 1.73. The molecule has 0 unspecified atom stereocenters. The summed E-state index contributed by atoms with van der Waals surface area (Å²) in [7, 11) is 0. The molecule has 2 nitrogen and oxygen atoms in total. The number of nitrogens with zero attached hydrogens (tertiary/aromatic N) is 1. The Morgan fingerprint density at radius 1 is 1.57 bits per heavy atom. The predicted molar refractivity (Wildman–Crippen MR) is 59.1 cm³/mol. The van der Waals surface area contributed by atoms with Crippen LogP contribution in [0.4, 0.5) is 5.69 Å². The van der Waals surface area contributed by atoms with Gasteiger partial charge < -0.3 is 9.64 Å². The lowest BCUT2D eigenvalue weighted by Gasteiger charge is -2.30. The van der Waals surface area contributed by atoms with E-state index in [4.69, 9.17) is 4.74 Å². The lowest BCUT2D eigenvalue weighted by atomic mass is 10.1. The second kappa shape index (κ2) is 3.74. The highest BCUT2D eigenvalue weighted by Crippen LogP contribution is 2.31. The number of rotatable bonds is 2. The summed E-state index contributed by atoms with van der Waals surface area (Å²) >= 11 is 0. The van der Waals surface area contributed by atoms with E-state index in [1.54, 1.807) is 0 Å². The third-order valence-electron chi connectivity index (χ3n) is 2.42. The topological polar surface area (TPSA) is 12.5 Å². The minimum Gasteiger partial charge on any atom is -0.490 e. The van der Waals surface area contributed by atoms with Crippen LogP contribution >= 0.6 is 0 Å². The normalized spacial score (nSPS) is 14.5. The maximum absolute atomic E-state index is 5.60. The van der Waals surface area contributed by atoms with E-state index in [9.17, 15) is 0 Å². The van der Waals surface area contributed by atoms with Gasteiger partial charge in [-0.15, -0.1) is 6.58 Å². The van der Waals surface area contributed by atoms with Crippen molar-refractivity contribution >= 4 is 5.69 Å². The second-order valence-corrected chi connectivity index (χ2v) is 3.55. The van der Waals surface area contributed by atoms with Crippen LogP contribution in [-0.4, -0.2) is 19.7 Å². The van der Waals surface area contributed by atoms with Crippen molar-refractivity contribution in [2.24, 2.45) is 0 Å². The third kappa shape index (κ3) is 1.60. The van der Waals surface area contributed by atoms with Crippen LogP contribution in [0.2, 0.25) is 0 Å². The van der Waals surface area contributed by atoms with Gasteiger partial charge in [0.15, 0.2) is 0 Å². The Morgan fingerprint density at radius 2 is 2.43 bits per heavy atom. The van der Waals surface area contributed by atoms with Crippen LogP contribution in [0.25, 0.3) is 0 Å². The predicted octanol–water partition coefficient (Wildman–Crippen LogP) is 2.38. The van der Waals surface area contributed by atoms with Crippen molar-refractivity contribution in [1.29, 1.82) is 0 Å². The first-order chi connectivity index (χ1) is 6.81. The van der Waals surface area contributed by atoms with Gasteiger partial charge in [0.05, 0.1) is 12.2 Å². The molecule has 1 heterocycles. The van der Waals surface area contributed by atoms with Crippen LogP contribution in [0.1, 0.15) is 5.56 Å². The van der Waals surface area contributed by atoms with Crippen molar-refractivity contribution in [3.8, 4) is 5.75 Å². The average molecular weight is 189 g/mol. The maximum atomic E-state index is 5.60. The number of ether oxygens (including phenoxy) is 1. The highest BCUT2D eigenvalue weighted by atomic mass is 16.5. The van der Waals surface area contributed by atoms with Crippen LogP contribution in [0, 0.1) is 6.92 Å². The molecule has 0 fully saturated rings. The van der Waals surface area contributed by atoms with Gasteiger partial charge in [-0.1, -0.05) is 12.1 Å². The van der Waals surface area contributed by atoms with Crippen LogP contribution in [0.3, 0.4) is 0 Å². The van der Waals surface area contributed by atoms with Crippen molar-refractivity contribution in [1.82, 2.24) is 0 Å². The van der Waals surface area contributed by atoms with Gasteiger partial charge in [0.25, 0.3) is 0 Å². The van der Waals surface area contributed by atoms with Gasteiger partial charge in [-0.3, -0.25) is 0 Å². The van der Waals surface area contributed by atoms with E-state index in [-0.39, 0.29) is 0 Å². The average Bonchev–Trinajstić information content (AvgIpc) is 2.18. The number of benzene rings is 1. The molecule has 0 bridgehead atoms. The highest BCUT2D eigenvalue weighted by Gasteiger charge is 2.16. The molecular weight excluding hydrogens is 174 g/mol. The number of aryl methyl sites for hydroxylation is 1. The Morgan fingerprint density at radius 3 is 3.21 bits per heavy atom. The van der Waals surface area contributed by atoms with E-state index < -0.39 is 0 Å². The molecule has 0 saturated carbocycles. The zero-order valence-electron chi connectivity index (χ0n) is 8.49. The van der Waals surface area contributed by atoms with Gasteiger partial charge in [0.1, 0.15) is 12.4 Å². The van der Waals surface area contributed by atoms with Crippen molar-refractivity contribution in [2.45, 2.75) is 6.92 Å². The molecule has 14 heavy (non-hydrogen) atoms. The smallest absolute Gasteiger partial charge is 0.142 e. The molecule has 0 N–H and O–H groups in total. The number of fused-ring (bicyclic) bond motifs is 1. The van der Waals surface area contributed by atoms with Gasteiger partial charge >= 0.3 is 0 Å². The number of hydrogen-bond acceptors (Lipinski definition) is 2. The summed E-state index contributed by atoms with van der Waals surface area (Å²) in [5.41, 5.74) is 2.42. The third-order valence-corrected chi connectivity index (χ3v) is 2.42. The highest BCUT2D eigenvalue weighted by molar-refractivity contribution is 5.61. The quantitative estimate of drug-likeness (QED) is 0.662. The zero-order chi connectivity index (χ0) is 9.97. The molecule has 74 valence electrons. The molecule has 0 saturated heterocycles. The molecule has 2 heteroatoms. The minimum absolute atomic E-state index is 0.768. The Kier molecular flexibility index (Phi) is 2.44. The standard InChI is InChI=1S/C12H15NO/c1-3-6-13-7-8-14-12-9-10(2)4-5-11(12)13/h3-5,9H,1,6-8H2,2H3. The van der Waals surface area contributed by atoms with Gasteiger partial charge in [0, 0.05) is 6.54 Å². The van der Waals surface area contributed by atoms with Crippen molar-refractivity contribution in [3.63, 3.8) is 0 Å². The van der Waals surface area contributed by atoms with E-state index >= 15 is 0 Å². The Balaban J connectivity index is 2.34. The fraction of sp³-hybridized carbons (Fsp3) is 0.333. The second-order valence-electron chi connectivity index (χ2n) is 3.55. The van der Waals surface area contributed by atoms with Crippen LogP contribution in [-0.2, 0) is 0 Å². The molecule has 1 aromatic rings. The summed E-state index contributed by atoms with van der Waals surface area (Å²) in [4.78, 5) is 2.28. The molecule has 0 radical (unpaired) electrons. The van der Waals surface area contributed by atoms with Crippen LogP contribution < -0.4 is 9.64 Å². The molecule has 0 atom stereocenters. The molecule has 0 aromatic heterocycles. The molecule has 0 spiro atoms. The number of hydrogen-bond donors (Lipinski definition) is 0. The van der Waals surface area contributed by atoms with Gasteiger partial charge in [-0.05, 0) is 24.6 Å². The van der Waals surface area contributed by atoms with E-state index in [2.05, 4.69) is 36.6 Å². The molecule has 1 aliphatic heterocycles. The summed E-state index contributed by atoms with van der Waals surface area (Å²) in [5, 5.41) is 0. The molecule has 0 amide bonds. The lowest BCUT2D eigenvalue weighted by Crippen LogP contribution is -2.32. The van der Waals surface area contributed by atoms with Crippen LogP contribution in [0.5, 0.6) is 5.75 Å². The molecule has 0 aliphatic carbocycles. The minimum atomic E-state index is 0.768. The van der Waals surface area contributed by atoms with Crippen LogP contribution in [0.15, 0.2) is 30.9 Å². The largest absolute Gasteiger partial charge is 0.490 e. The first-order valence-corrected chi connectivity index (χ1v) is 4.90. The van der Waals surface area contributed by atoms with E-state index in [1.165, 1.54) is 11.3 Å². The summed E-state index contributed by atoms with van der Waals surface area (Å²) in [5.74, 6) is 0.998. The van der Waals surface area contributed by atoms with Gasteiger partial charge in [-0.2, -0.15) is 0 Å². The van der Waals surface area contributed by atoms with E-state index in [0.717, 1.165) is 25.4 Å². The summed E-state index contributed by atoms with van der Waals surface area (Å²) in [6.45, 7) is 8.45.